The molecule has 0 aromatic heterocycles. The predicted molar refractivity (Wildman–Crippen MR) is 81.1 cm³/mol. The molecule has 0 amide bonds. The summed E-state index contributed by atoms with van der Waals surface area (Å²) in [6.07, 6.45) is 7.12. The average Bonchev–Trinajstić information content (AvgIpc) is 2.34. The van der Waals surface area contributed by atoms with Crippen LogP contribution in [0, 0.1) is 28.6 Å². The van der Waals surface area contributed by atoms with Crippen molar-refractivity contribution >= 4 is 0 Å². The van der Waals surface area contributed by atoms with Crippen molar-refractivity contribution in [3.8, 4) is 6.07 Å². The van der Waals surface area contributed by atoms with E-state index in [-0.39, 0.29) is 12.5 Å². The minimum absolute atomic E-state index is 0.153. The van der Waals surface area contributed by atoms with Crippen LogP contribution in [0.1, 0.15) is 59.3 Å². The van der Waals surface area contributed by atoms with E-state index in [0.717, 1.165) is 19.4 Å². The zero-order valence-corrected chi connectivity index (χ0v) is 13.3. The molecule has 2 aliphatic rings. The molecule has 0 saturated heterocycles. The van der Waals surface area contributed by atoms with Crippen LogP contribution in [0.25, 0.3) is 0 Å². The fourth-order valence-corrected chi connectivity index (χ4v) is 3.90. The summed E-state index contributed by atoms with van der Waals surface area (Å²) in [5.41, 5.74) is 0.323. The van der Waals surface area contributed by atoms with Crippen LogP contribution in [-0.2, 0) is 0 Å². The van der Waals surface area contributed by atoms with Crippen LogP contribution >= 0.6 is 0 Å². The van der Waals surface area contributed by atoms with Crippen LogP contribution in [-0.4, -0.2) is 35.2 Å². The molecule has 3 heteroatoms. The highest BCUT2D eigenvalue weighted by molar-refractivity contribution is 5.01. The fourth-order valence-electron chi connectivity index (χ4n) is 3.90. The Hall–Kier alpha value is -0.590. The first-order valence-corrected chi connectivity index (χ1v) is 8.23. The first kappa shape index (κ1) is 15.8. The van der Waals surface area contributed by atoms with E-state index in [1.54, 1.807) is 0 Å². The molecule has 0 spiro atoms. The number of aliphatic hydroxyl groups is 1. The van der Waals surface area contributed by atoms with E-state index in [1.165, 1.54) is 25.7 Å². The third-order valence-electron chi connectivity index (χ3n) is 5.54. The predicted octanol–water partition coefficient (Wildman–Crippen LogP) is 3.19. The number of hydrogen-bond acceptors (Lipinski definition) is 3. The molecule has 2 rings (SSSR count). The van der Waals surface area contributed by atoms with Gasteiger partial charge in [-0.05, 0) is 43.4 Å². The van der Waals surface area contributed by atoms with Gasteiger partial charge in [0.2, 0.25) is 0 Å². The Labute approximate surface area is 124 Å². The standard InChI is InChI=1S/C17H30N2O/c1-17(2,3)14-8-7-13(12-18)16(11-14)19(9-10-20)15-5-4-6-15/h13-16,20H,4-11H2,1-3H3. The molecule has 0 aliphatic heterocycles. The van der Waals surface area contributed by atoms with Crippen molar-refractivity contribution in [3.05, 3.63) is 0 Å². The summed E-state index contributed by atoms with van der Waals surface area (Å²) in [6.45, 7) is 7.92. The molecule has 2 fully saturated rings. The lowest BCUT2D eigenvalue weighted by Crippen LogP contribution is -2.53. The molecule has 2 saturated carbocycles. The van der Waals surface area contributed by atoms with E-state index in [4.69, 9.17) is 0 Å². The van der Waals surface area contributed by atoms with Gasteiger partial charge in [0.25, 0.3) is 0 Å². The van der Waals surface area contributed by atoms with Gasteiger partial charge in [-0.15, -0.1) is 0 Å². The molecular weight excluding hydrogens is 248 g/mol. The van der Waals surface area contributed by atoms with Crippen molar-refractivity contribution in [2.45, 2.75) is 71.4 Å². The van der Waals surface area contributed by atoms with Gasteiger partial charge in [0.15, 0.2) is 0 Å². The quantitative estimate of drug-likeness (QED) is 0.859. The van der Waals surface area contributed by atoms with Gasteiger partial charge in [-0.1, -0.05) is 27.2 Å². The van der Waals surface area contributed by atoms with E-state index >= 15 is 0 Å². The number of rotatable bonds is 4. The number of nitriles is 1. The highest BCUT2D eigenvalue weighted by Crippen LogP contribution is 2.43. The topological polar surface area (TPSA) is 47.3 Å². The van der Waals surface area contributed by atoms with Gasteiger partial charge >= 0.3 is 0 Å². The lowest BCUT2D eigenvalue weighted by atomic mass is 9.67. The fraction of sp³-hybridized carbons (Fsp3) is 0.941. The van der Waals surface area contributed by atoms with E-state index in [9.17, 15) is 10.4 Å². The second-order valence-corrected chi connectivity index (χ2v) is 7.73. The van der Waals surface area contributed by atoms with Crippen LogP contribution in [0.5, 0.6) is 0 Å². The van der Waals surface area contributed by atoms with Crippen molar-refractivity contribution in [1.29, 1.82) is 5.26 Å². The molecular formula is C17H30N2O. The minimum atomic E-state index is 0.153. The molecule has 1 N–H and O–H groups in total. The molecule has 2 aliphatic carbocycles. The normalized spacial score (nSPS) is 31.9. The van der Waals surface area contributed by atoms with E-state index in [1.807, 2.05) is 0 Å². The summed E-state index contributed by atoms with van der Waals surface area (Å²) in [4.78, 5) is 2.47. The average molecular weight is 278 g/mol. The molecule has 3 atom stereocenters. The molecule has 0 aromatic carbocycles. The summed E-state index contributed by atoms with van der Waals surface area (Å²) in [5, 5.41) is 18.9. The molecule has 0 radical (unpaired) electrons. The highest BCUT2D eigenvalue weighted by atomic mass is 16.3. The van der Waals surface area contributed by atoms with E-state index in [2.05, 4.69) is 31.7 Å². The largest absolute Gasteiger partial charge is 0.395 e. The zero-order valence-electron chi connectivity index (χ0n) is 13.3. The maximum absolute atomic E-state index is 9.50. The smallest absolute Gasteiger partial charge is 0.0672 e. The van der Waals surface area contributed by atoms with Crippen molar-refractivity contribution < 1.29 is 5.11 Å². The Kier molecular flexibility index (Phi) is 5.09. The molecule has 3 unspecified atom stereocenters. The van der Waals surface area contributed by atoms with E-state index in [0.29, 0.717) is 23.4 Å². The van der Waals surface area contributed by atoms with Gasteiger partial charge in [-0.3, -0.25) is 4.90 Å². The SMILES string of the molecule is CC(C)(C)C1CCC(C#N)C(N(CCO)C2CCC2)C1. The lowest BCUT2D eigenvalue weighted by Gasteiger charge is -2.49. The summed E-state index contributed by atoms with van der Waals surface area (Å²) in [6, 6.07) is 3.51. The summed E-state index contributed by atoms with van der Waals surface area (Å²) in [7, 11) is 0. The molecule has 3 nitrogen and oxygen atoms in total. The Morgan fingerprint density at radius 2 is 1.90 bits per heavy atom. The third-order valence-corrected chi connectivity index (χ3v) is 5.54. The van der Waals surface area contributed by atoms with Crippen LogP contribution in [0.4, 0.5) is 0 Å². The second-order valence-electron chi connectivity index (χ2n) is 7.73. The van der Waals surface area contributed by atoms with Crippen molar-refractivity contribution in [2.24, 2.45) is 17.3 Å². The maximum Gasteiger partial charge on any atom is 0.0672 e. The van der Waals surface area contributed by atoms with Gasteiger partial charge in [-0.25, -0.2) is 0 Å². The molecule has 114 valence electrons. The Balaban J connectivity index is 2.12. The van der Waals surface area contributed by atoms with Gasteiger partial charge < -0.3 is 5.11 Å². The van der Waals surface area contributed by atoms with Crippen LogP contribution in [0.15, 0.2) is 0 Å². The zero-order chi connectivity index (χ0) is 14.8. The van der Waals surface area contributed by atoms with Crippen molar-refractivity contribution in [3.63, 3.8) is 0 Å². The van der Waals surface area contributed by atoms with Gasteiger partial charge in [0.1, 0.15) is 0 Å². The Morgan fingerprint density at radius 3 is 2.35 bits per heavy atom. The second kappa shape index (κ2) is 6.45. The first-order chi connectivity index (χ1) is 9.47. The first-order valence-electron chi connectivity index (χ1n) is 8.23. The van der Waals surface area contributed by atoms with Gasteiger partial charge in [-0.2, -0.15) is 5.26 Å². The number of nitrogens with zero attached hydrogens (tertiary/aromatic N) is 2. The van der Waals surface area contributed by atoms with Crippen LogP contribution in [0.3, 0.4) is 0 Å². The Morgan fingerprint density at radius 1 is 1.20 bits per heavy atom. The van der Waals surface area contributed by atoms with E-state index < -0.39 is 0 Å². The minimum Gasteiger partial charge on any atom is -0.395 e. The highest BCUT2D eigenvalue weighted by Gasteiger charge is 2.41. The summed E-state index contributed by atoms with van der Waals surface area (Å²) in [5.74, 6) is 0.846. The Bertz CT molecular complexity index is 351. The monoisotopic (exact) mass is 278 g/mol. The van der Waals surface area contributed by atoms with Crippen LogP contribution < -0.4 is 0 Å². The van der Waals surface area contributed by atoms with Gasteiger partial charge in [0, 0.05) is 18.6 Å². The number of hydrogen-bond donors (Lipinski definition) is 1. The molecule has 0 heterocycles. The molecule has 0 bridgehead atoms. The number of aliphatic hydroxyl groups excluding tert-OH is 1. The molecule has 0 aromatic rings. The summed E-state index contributed by atoms with van der Waals surface area (Å²) >= 11 is 0. The molecule has 20 heavy (non-hydrogen) atoms. The van der Waals surface area contributed by atoms with Crippen LogP contribution in [0.2, 0.25) is 0 Å². The van der Waals surface area contributed by atoms with Gasteiger partial charge in [0.05, 0.1) is 18.6 Å². The maximum atomic E-state index is 9.50. The third kappa shape index (κ3) is 3.35. The summed E-state index contributed by atoms with van der Waals surface area (Å²) < 4.78 is 0. The lowest BCUT2D eigenvalue weighted by molar-refractivity contribution is 0.000249. The van der Waals surface area contributed by atoms with Crippen molar-refractivity contribution in [1.82, 2.24) is 4.90 Å². The van der Waals surface area contributed by atoms with Crippen molar-refractivity contribution in [2.75, 3.05) is 13.2 Å².